The second-order valence-corrected chi connectivity index (χ2v) is 10.0. The van der Waals surface area contributed by atoms with Gasteiger partial charge in [0.2, 0.25) is 17.7 Å². The molecule has 4 aliphatic heterocycles. The van der Waals surface area contributed by atoms with Crippen molar-refractivity contribution in [1.29, 1.82) is 0 Å². The van der Waals surface area contributed by atoms with Crippen LogP contribution in [0.3, 0.4) is 0 Å². The second-order valence-electron chi connectivity index (χ2n) is 9.12. The third-order valence-corrected chi connectivity index (χ3v) is 8.06. The minimum absolute atomic E-state index is 0.0978. The van der Waals surface area contributed by atoms with Crippen molar-refractivity contribution in [2.45, 2.75) is 38.3 Å². The molecule has 1 N–H and O–H groups in total. The van der Waals surface area contributed by atoms with E-state index in [-0.39, 0.29) is 23.8 Å². The van der Waals surface area contributed by atoms with Gasteiger partial charge in [0.15, 0.2) is 0 Å². The summed E-state index contributed by atoms with van der Waals surface area (Å²) < 4.78 is 0.879. The Balaban J connectivity index is 1.57. The van der Waals surface area contributed by atoms with E-state index in [1.54, 1.807) is 12.1 Å². The number of carbonyl (C=O) groups excluding carboxylic acids is 3. The number of nitrogens with one attached hydrogen (secondary N) is 1. The number of carbonyl (C=O) groups is 3. The van der Waals surface area contributed by atoms with Gasteiger partial charge in [0.25, 0.3) is 0 Å². The van der Waals surface area contributed by atoms with Crippen molar-refractivity contribution in [2.75, 3.05) is 16.8 Å². The molecule has 0 unspecified atom stereocenters. The first-order valence-electron chi connectivity index (χ1n) is 10.7. The van der Waals surface area contributed by atoms with Gasteiger partial charge < -0.3 is 5.32 Å². The zero-order valence-electron chi connectivity index (χ0n) is 17.3. The molecule has 7 heteroatoms. The molecule has 6 rings (SSSR count). The number of rotatable bonds is 1. The van der Waals surface area contributed by atoms with Crippen LogP contribution in [-0.2, 0) is 19.9 Å². The first kappa shape index (κ1) is 19.2. The van der Waals surface area contributed by atoms with Gasteiger partial charge in [-0.3, -0.25) is 19.3 Å². The lowest BCUT2D eigenvalue weighted by Crippen LogP contribution is -2.54. The molecule has 31 heavy (non-hydrogen) atoms. The van der Waals surface area contributed by atoms with Gasteiger partial charge in [-0.1, -0.05) is 33.6 Å². The van der Waals surface area contributed by atoms with Gasteiger partial charge in [-0.2, -0.15) is 0 Å². The van der Waals surface area contributed by atoms with E-state index in [0.29, 0.717) is 5.69 Å². The Hall–Kier alpha value is -2.51. The zero-order chi connectivity index (χ0) is 21.7. The van der Waals surface area contributed by atoms with E-state index in [9.17, 15) is 14.4 Å². The lowest BCUT2D eigenvalue weighted by atomic mass is 9.75. The normalized spacial score (nSPS) is 31.4. The molecule has 4 atom stereocenters. The molecule has 0 radical (unpaired) electrons. The Morgan fingerprint density at radius 2 is 1.81 bits per heavy atom. The molecule has 2 aromatic rings. The number of anilines is 2. The number of amides is 3. The minimum atomic E-state index is -1.12. The van der Waals surface area contributed by atoms with Crippen molar-refractivity contribution in [3.05, 3.63) is 57.6 Å². The van der Waals surface area contributed by atoms with Crippen LogP contribution in [0.15, 0.2) is 40.9 Å². The van der Waals surface area contributed by atoms with Crippen molar-refractivity contribution in [3.63, 3.8) is 0 Å². The number of aryl methyl sites for hydroxylation is 2. The maximum atomic E-state index is 13.9. The first-order valence-corrected chi connectivity index (χ1v) is 11.5. The van der Waals surface area contributed by atoms with Crippen molar-refractivity contribution >= 4 is 45.0 Å². The van der Waals surface area contributed by atoms with Crippen molar-refractivity contribution in [2.24, 2.45) is 11.8 Å². The second kappa shape index (κ2) is 6.26. The van der Waals surface area contributed by atoms with Crippen LogP contribution in [0.4, 0.5) is 11.4 Å². The standard InChI is InChI=1S/C24H22BrN3O3/c1-12-10-13(2)20-16(11-12)24(23(31)26-20)19-18(17-4-3-9-27(17)24)21(29)28(22(19)30)15-7-5-14(25)6-8-15/h5-8,10-11,17-19H,3-4,9H2,1-2H3,(H,26,31)/t17-,18-,19-,24+/m1/s1. The third kappa shape index (κ3) is 2.23. The van der Waals surface area contributed by atoms with Crippen LogP contribution >= 0.6 is 15.9 Å². The number of benzene rings is 2. The fourth-order valence-corrected chi connectivity index (χ4v) is 6.77. The Kier molecular flexibility index (Phi) is 3.88. The number of nitrogens with zero attached hydrogens (tertiary/aromatic N) is 2. The van der Waals surface area contributed by atoms with E-state index < -0.39 is 17.4 Å². The van der Waals surface area contributed by atoms with E-state index >= 15 is 0 Å². The largest absolute Gasteiger partial charge is 0.324 e. The number of halogens is 1. The summed E-state index contributed by atoms with van der Waals surface area (Å²) >= 11 is 3.41. The quantitative estimate of drug-likeness (QED) is 0.635. The van der Waals surface area contributed by atoms with Crippen molar-refractivity contribution in [1.82, 2.24) is 4.90 Å². The van der Waals surface area contributed by atoms with E-state index in [1.165, 1.54) is 4.90 Å². The maximum absolute atomic E-state index is 13.9. The van der Waals surface area contributed by atoms with E-state index in [0.717, 1.165) is 46.2 Å². The van der Waals surface area contributed by atoms with Gasteiger partial charge in [-0.15, -0.1) is 0 Å². The number of fused-ring (bicyclic) bond motifs is 7. The molecule has 158 valence electrons. The smallest absolute Gasteiger partial charge is 0.250 e. The molecule has 1 spiro atoms. The monoisotopic (exact) mass is 479 g/mol. The molecule has 4 aliphatic rings. The Morgan fingerprint density at radius 1 is 1.06 bits per heavy atom. The van der Waals surface area contributed by atoms with Gasteiger partial charge in [0.1, 0.15) is 5.54 Å². The molecule has 2 aromatic carbocycles. The number of imide groups is 1. The molecule has 0 aliphatic carbocycles. The van der Waals surface area contributed by atoms with Crippen LogP contribution in [0.25, 0.3) is 0 Å². The van der Waals surface area contributed by atoms with Crippen molar-refractivity contribution in [3.8, 4) is 0 Å². The molecule has 3 saturated heterocycles. The van der Waals surface area contributed by atoms with E-state index in [1.807, 2.05) is 38.1 Å². The molecule has 0 bridgehead atoms. The summed E-state index contributed by atoms with van der Waals surface area (Å²) in [6.45, 7) is 4.71. The SMILES string of the molecule is Cc1cc(C)c2c(c1)[C@@]1(C(=O)N2)[C@H]2C(=O)N(c3ccc(Br)cc3)C(=O)[C@@H]2[C@H]2CCCN21. The summed E-state index contributed by atoms with van der Waals surface area (Å²) in [6, 6.07) is 11.2. The highest BCUT2D eigenvalue weighted by molar-refractivity contribution is 9.10. The number of hydrogen-bond acceptors (Lipinski definition) is 4. The van der Waals surface area contributed by atoms with E-state index in [2.05, 4.69) is 26.1 Å². The van der Waals surface area contributed by atoms with Gasteiger partial charge in [-0.25, -0.2) is 4.90 Å². The molecular formula is C24H22BrN3O3. The average Bonchev–Trinajstić information content (AvgIpc) is 3.42. The average molecular weight is 480 g/mol. The highest BCUT2D eigenvalue weighted by Crippen LogP contribution is 2.61. The fourth-order valence-electron chi connectivity index (χ4n) is 6.50. The molecule has 3 amide bonds. The van der Waals surface area contributed by atoms with Crippen molar-refractivity contribution < 1.29 is 14.4 Å². The zero-order valence-corrected chi connectivity index (χ0v) is 18.9. The first-order chi connectivity index (χ1) is 14.9. The highest BCUT2D eigenvalue weighted by Gasteiger charge is 2.74. The lowest BCUT2D eigenvalue weighted by molar-refractivity contribution is -0.135. The molecule has 3 fully saturated rings. The van der Waals surface area contributed by atoms with Crippen LogP contribution in [0.1, 0.15) is 29.5 Å². The van der Waals surface area contributed by atoms with Gasteiger partial charge in [0, 0.05) is 21.8 Å². The van der Waals surface area contributed by atoms with Crippen LogP contribution in [0, 0.1) is 25.7 Å². The summed E-state index contributed by atoms with van der Waals surface area (Å²) in [7, 11) is 0. The molecule has 4 heterocycles. The fraction of sp³-hybridized carbons (Fsp3) is 0.375. The third-order valence-electron chi connectivity index (χ3n) is 7.53. The predicted octanol–water partition coefficient (Wildman–Crippen LogP) is 3.50. The Morgan fingerprint density at radius 3 is 2.55 bits per heavy atom. The molecular weight excluding hydrogens is 458 g/mol. The summed E-state index contributed by atoms with van der Waals surface area (Å²) in [6.07, 6.45) is 1.74. The van der Waals surface area contributed by atoms with E-state index in [4.69, 9.17) is 0 Å². The number of hydrogen-bond donors (Lipinski definition) is 1. The Bertz CT molecular complexity index is 1180. The van der Waals surface area contributed by atoms with Crippen LogP contribution in [0.2, 0.25) is 0 Å². The highest BCUT2D eigenvalue weighted by atomic mass is 79.9. The maximum Gasteiger partial charge on any atom is 0.250 e. The molecule has 6 nitrogen and oxygen atoms in total. The lowest BCUT2D eigenvalue weighted by Gasteiger charge is -2.36. The van der Waals surface area contributed by atoms with Crippen LogP contribution < -0.4 is 10.2 Å². The van der Waals surface area contributed by atoms with Gasteiger partial charge in [-0.05, 0) is 63.1 Å². The van der Waals surface area contributed by atoms with Gasteiger partial charge >= 0.3 is 0 Å². The minimum Gasteiger partial charge on any atom is -0.324 e. The molecule has 0 aromatic heterocycles. The van der Waals surface area contributed by atoms with Crippen LogP contribution in [-0.4, -0.2) is 35.2 Å². The predicted molar refractivity (Wildman–Crippen MR) is 120 cm³/mol. The Labute approximate surface area is 188 Å². The summed E-state index contributed by atoms with van der Waals surface area (Å²) in [4.78, 5) is 44.7. The summed E-state index contributed by atoms with van der Waals surface area (Å²) in [5.41, 5.74) is 3.13. The van der Waals surface area contributed by atoms with Gasteiger partial charge in [0.05, 0.1) is 17.5 Å². The van der Waals surface area contributed by atoms with Crippen LogP contribution in [0.5, 0.6) is 0 Å². The summed E-state index contributed by atoms with van der Waals surface area (Å²) in [5.74, 6) is -1.84. The molecule has 0 saturated carbocycles. The summed E-state index contributed by atoms with van der Waals surface area (Å²) in [5, 5.41) is 3.08. The topological polar surface area (TPSA) is 69.7 Å².